The molecule has 0 radical (unpaired) electrons. The van der Waals surface area contributed by atoms with Crippen molar-refractivity contribution in [2.45, 2.75) is 26.0 Å². The fourth-order valence-electron chi connectivity index (χ4n) is 1.60. The molecule has 1 rings (SSSR count). The Morgan fingerprint density at radius 1 is 1.53 bits per heavy atom. The van der Waals surface area contributed by atoms with Crippen LogP contribution in [-0.4, -0.2) is 41.3 Å². The third-order valence-electron chi connectivity index (χ3n) is 2.61. The summed E-state index contributed by atoms with van der Waals surface area (Å²) in [6.45, 7) is 3.73. The van der Waals surface area contributed by atoms with Crippen molar-refractivity contribution in [3.8, 4) is 0 Å². The van der Waals surface area contributed by atoms with Crippen molar-refractivity contribution in [2.75, 3.05) is 13.7 Å². The van der Waals surface area contributed by atoms with E-state index in [2.05, 4.69) is 5.32 Å². The van der Waals surface area contributed by atoms with Crippen molar-refractivity contribution in [3.63, 3.8) is 0 Å². The minimum atomic E-state index is -1.12. The minimum absolute atomic E-state index is 0.0749. The molecule has 106 valence electrons. The molecule has 6 nitrogen and oxygen atoms in total. The number of ether oxygens (including phenoxy) is 1. The standard InChI is InChI=1S/C12H17ClN2O4/c1-7(2)15-6-8(13)4-9(15)11(16)14-5-10(19-3)12(17)18/h4,6-7,10H,5H2,1-3H3,(H,14,16)(H,17,18). The molecule has 0 aliphatic carbocycles. The van der Waals surface area contributed by atoms with E-state index < -0.39 is 12.1 Å². The summed E-state index contributed by atoms with van der Waals surface area (Å²) in [5.41, 5.74) is 0.389. The van der Waals surface area contributed by atoms with Crippen LogP contribution in [0.15, 0.2) is 12.3 Å². The first-order valence-electron chi connectivity index (χ1n) is 5.78. The first-order valence-corrected chi connectivity index (χ1v) is 6.15. The lowest BCUT2D eigenvalue weighted by Gasteiger charge is -2.14. The van der Waals surface area contributed by atoms with Crippen LogP contribution < -0.4 is 5.32 Å². The maximum Gasteiger partial charge on any atom is 0.334 e. The van der Waals surface area contributed by atoms with E-state index >= 15 is 0 Å². The Kier molecular flexibility index (Phi) is 5.38. The van der Waals surface area contributed by atoms with Gasteiger partial charge in [0.2, 0.25) is 0 Å². The normalized spacial score (nSPS) is 12.5. The van der Waals surface area contributed by atoms with Gasteiger partial charge in [-0.15, -0.1) is 0 Å². The third-order valence-corrected chi connectivity index (χ3v) is 2.82. The molecule has 1 unspecified atom stereocenters. The maximum absolute atomic E-state index is 12.0. The van der Waals surface area contributed by atoms with Gasteiger partial charge in [0.15, 0.2) is 6.10 Å². The predicted molar refractivity (Wildman–Crippen MR) is 70.6 cm³/mol. The molecule has 1 aromatic rings. The SMILES string of the molecule is COC(CNC(=O)c1cc(Cl)cn1C(C)C)C(=O)O. The largest absolute Gasteiger partial charge is 0.479 e. The van der Waals surface area contributed by atoms with Crippen LogP contribution in [0.5, 0.6) is 0 Å². The molecule has 19 heavy (non-hydrogen) atoms. The minimum Gasteiger partial charge on any atom is -0.479 e. The van der Waals surface area contributed by atoms with Crippen molar-refractivity contribution < 1.29 is 19.4 Å². The lowest BCUT2D eigenvalue weighted by atomic mass is 10.3. The summed E-state index contributed by atoms with van der Waals surface area (Å²) in [5, 5.41) is 11.8. The number of carbonyl (C=O) groups is 2. The number of nitrogens with one attached hydrogen (secondary N) is 1. The summed E-state index contributed by atoms with van der Waals surface area (Å²) in [6, 6.07) is 1.62. The van der Waals surface area contributed by atoms with Crippen LogP contribution in [0.2, 0.25) is 5.02 Å². The number of carbonyl (C=O) groups excluding carboxylic acids is 1. The first-order chi connectivity index (χ1) is 8.86. The number of carboxylic acids is 1. The molecule has 0 saturated carbocycles. The highest BCUT2D eigenvalue weighted by Gasteiger charge is 2.20. The third kappa shape index (κ3) is 3.97. The van der Waals surface area contributed by atoms with Crippen LogP contribution in [0, 0.1) is 0 Å². The number of hydrogen-bond acceptors (Lipinski definition) is 3. The number of aliphatic carboxylic acids is 1. The van der Waals surface area contributed by atoms with Gasteiger partial charge >= 0.3 is 5.97 Å². The molecule has 0 aliphatic heterocycles. The molecule has 0 aromatic carbocycles. The van der Waals surface area contributed by atoms with Gasteiger partial charge in [0.05, 0.1) is 11.6 Å². The van der Waals surface area contributed by atoms with Crippen LogP contribution in [0.25, 0.3) is 0 Å². The highest BCUT2D eigenvalue weighted by molar-refractivity contribution is 6.31. The number of carboxylic acid groups (broad SMARTS) is 1. The second kappa shape index (κ2) is 6.58. The molecule has 1 heterocycles. The summed E-state index contributed by atoms with van der Waals surface area (Å²) in [7, 11) is 1.28. The smallest absolute Gasteiger partial charge is 0.334 e. The molecule has 7 heteroatoms. The summed E-state index contributed by atoms with van der Waals surface area (Å²) < 4.78 is 6.46. The quantitative estimate of drug-likeness (QED) is 0.832. The molecular weight excluding hydrogens is 272 g/mol. The van der Waals surface area contributed by atoms with E-state index in [9.17, 15) is 9.59 Å². The van der Waals surface area contributed by atoms with E-state index in [1.807, 2.05) is 13.8 Å². The Labute approximate surface area is 116 Å². The number of rotatable bonds is 6. The molecule has 0 fully saturated rings. The number of hydrogen-bond donors (Lipinski definition) is 2. The van der Waals surface area contributed by atoms with Crippen molar-refractivity contribution in [3.05, 3.63) is 23.0 Å². The molecule has 0 saturated heterocycles. The van der Waals surface area contributed by atoms with E-state index in [0.717, 1.165) is 0 Å². The highest BCUT2D eigenvalue weighted by Crippen LogP contribution is 2.18. The molecule has 1 amide bonds. The number of amides is 1. The Balaban J connectivity index is 2.76. The molecule has 0 bridgehead atoms. The van der Waals surface area contributed by atoms with Gasteiger partial charge in [-0.3, -0.25) is 4.79 Å². The second-order valence-corrected chi connectivity index (χ2v) is 4.75. The lowest BCUT2D eigenvalue weighted by Crippen LogP contribution is -2.38. The summed E-state index contributed by atoms with van der Waals surface area (Å²) in [6.07, 6.45) is 0.591. The summed E-state index contributed by atoms with van der Waals surface area (Å²) in [4.78, 5) is 22.7. The van der Waals surface area contributed by atoms with Gasteiger partial charge in [-0.2, -0.15) is 0 Å². The molecule has 1 atom stereocenters. The number of aromatic nitrogens is 1. The molecule has 0 aliphatic rings. The van der Waals surface area contributed by atoms with Crippen LogP contribution in [0.3, 0.4) is 0 Å². The number of nitrogens with zero attached hydrogens (tertiary/aromatic N) is 1. The Morgan fingerprint density at radius 2 is 2.16 bits per heavy atom. The zero-order valence-corrected chi connectivity index (χ0v) is 11.8. The number of methoxy groups -OCH3 is 1. The topological polar surface area (TPSA) is 80.6 Å². The van der Waals surface area contributed by atoms with Gasteiger partial charge < -0.3 is 19.7 Å². The van der Waals surface area contributed by atoms with Crippen LogP contribution in [0.1, 0.15) is 30.4 Å². The van der Waals surface area contributed by atoms with E-state index in [-0.39, 0.29) is 18.5 Å². The van der Waals surface area contributed by atoms with Gasteiger partial charge in [0.1, 0.15) is 5.69 Å². The highest BCUT2D eigenvalue weighted by atomic mass is 35.5. The Bertz CT molecular complexity index is 470. The van der Waals surface area contributed by atoms with E-state index in [4.69, 9.17) is 21.4 Å². The first kappa shape index (κ1) is 15.5. The molecule has 0 spiro atoms. The fourth-order valence-corrected chi connectivity index (χ4v) is 1.81. The summed E-state index contributed by atoms with van der Waals surface area (Å²) in [5.74, 6) is -1.51. The molecular formula is C12H17ClN2O4. The van der Waals surface area contributed by atoms with Gasteiger partial charge in [0.25, 0.3) is 5.91 Å². The van der Waals surface area contributed by atoms with Gasteiger partial charge in [-0.05, 0) is 19.9 Å². The second-order valence-electron chi connectivity index (χ2n) is 4.32. The fraction of sp³-hybridized carbons (Fsp3) is 0.500. The van der Waals surface area contributed by atoms with Gasteiger partial charge in [-0.1, -0.05) is 11.6 Å². The Morgan fingerprint density at radius 3 is 2.63 bits per heavy atom. The maximum atomic E-state index is 12.0. The van der Waals surface area contributed by atoms with Crippen molar-refractivity contribution >= 4 is 23.5 Å². The van der Waals surface area contributed by atoms with Crippen LogP contribution >= 0.6 is 11.6 Å². The van der Waals surface area contributed by atoms with Gasteiger partial charge in [0, 0.05) is 19.3 Å². The molecule has 1 aromatic heterocycles. The monoisotopic (exact) mass is 288 g/mol. The zero-order valence-electron chi connectivity index (χ0n) is 11.0. The van der Waals surface area contributed by atoms with Crippen molar-refractivity contribution in [1.29, 1.82) is 0 Å². The summed E-state index contributed by atoms with van der Waals surface area (Å²) >= 11 is 5.87. The van der Waals surface area contributed by atoms with E-state index in [1.54, 1.807) is 16.8 Å². The Hall–Kier alpha value is -1.53. The van der Waals surface area contributed by atoms with E-state index in [1.165, 1.54) is 7.11 Å². The van der Waals surface area contributed by atoms with Crippen molar-refractivity contribution in [2.24, 2.45) is 0 Å². The zero-order chi connectivity index (χ0) is 14.6. The van der Waals surface area contributed by atoms with Crippen LogP contribution in [-0.2, 0) is 9.53 Å². The molecule has 2 N–H and O–H groups in total. The predicted octanol–water partition coefficient (Wildman–Crippen LogP) is 1.55. The average molecular weight is 289 g/mol. The van der Waals surface area contributed by atoms with Crippen LogP contribution in [0.4, 0.5) is 0 Å². The lowest BCUT2D eigenvalue weighted by molar-refractivity contribution is -0.148. The van der Waals surface area contributed by atoms with Gasteiger partial charge in [-0.25, -0.2) is 4.79 Å². The average Bonchev–Trinajstić information content (AvgIpc) is 2.71. The number of halogens is 1. The van der Waals surface area contributed by atoms with Crippen molar-refractivity contribution in [1.82, 2.24) is 9.88 Å². The van der Waals surface area contributed by atoms with E-state index in [0.29, 0.717) is 10.7 Å².